The van der Waals surface area contributed by atoms with Crippen LogP contribution >= 0.6 is 0 Å². The molecule has 3 nitrogen and oxygen atoms in total. The fourth-order valence-corrected chi connectivity index (χ4v) is 8.69. The van der Waals surface area contributed by atoms with Crippen molar-refractivity contribution in [2.75, 3.05) is 0 Å². The van der Waals surface area contributed by atoms with Gasteiger partial charge in [0, 0.05) is 6.42 Å². The van der Waals surface area contributed by atoms with Gasteiger partial charge in [0.1, 0.15) is 5.60 Å². The largest absolute Gasteiger partial charge is 0.460 e. The number of aliphatic hydroxyl groups is 1. The number of carbonyl (C=O) groups is 1. The molecule has 0 aliphatic heterocycles. The zero-order valence-corrected chi connectivity index (χ0v) is 25.0. The number of carbonyl (C=O) groups excluding carboxylic acids is 1. The molecular weight excluding hydrogens is 468 g/mol. The second-order valence-electron chi connectivity index (χ2n) is 14.3. The van der Waals surface area contributed by atoms with Crippen molar-refractivity contribution < 1.29 is 14.6 Å². The lowest BCUT2D eigenvalue weighted by molar-refractivity contribution is -0.158. The summed E-state index contributed by atoms with van der Waals surface area (Å²) in [5.74, 6) is 2.72. The maximum Gasteiger partial charge on any atom is 0.306 e. The molecule has 1 N–H and O–H groups in total. The van der Waals surface area contributed by atoms with Gasteiger partial charge in [-0.15, -0.1) is 0 Å². The number of fused-ring (bicyclic) bond motifs is 1. The van der Waals surface area contributed by atoms with Gasteiger partial charge < -0.3 is 9.84 Å². The second-order valence-corrected chi connectivity index (χ2v) is 14.3. The van der Waals surface area contributed by atoms with Crippen molar-refractivity contribution in [1.29, 1.82) is 0 Å². The smallest absolute Gasteiger partial charge is 0.306 e. The summed E-state index contributed by atoms with van der Waals surface area (Å²) < 4.78 is 5.99. The third-order valence-electron chi connectivity index (χ3n) is 10.9. The third-order valence-corrected chi connectivity index (χ3v) is 10.9. The normalized spacial score (nSPS) is 33.9. The molecule has 3 heteroatoms. The topological polar surface area (TPSA) is 46.5 Å². The zero-order valence-electron chi connectivity index (χ0n) is 25.0. The summed E-state index contributed by atoms with van der Waals surface area (Å²) in [6.07, 6.45) is 23.7. The maximum atomic E-state index is 12.6. The lowest BCUT2D eigenvalue weighted by atomic mass is 9.60. The van der Waals surface area contributed by atoms with E-state index >= 15 is 0 Å². The average molecular weight is 525 g/mol. The predicted molar refractivity (Wildman–Crippen MR) is 158 cm³/mol. The molecule has 4 saturated carbocycles. The van der Waals surface area contributed by atoms with Crippen LogP contribution in [0.15, 0.2) is 35.5 Å². The van der Waals surface area contributed by atoms with Crippen LogP contribution in [0.5, 0.6) is 0 Å². The average Bonchev–Trinajstić information content (AvgIpc) is 3.22. The highest BCUT2D eigenvalue weighted by atomic mass is 16.6. The molecule has 0 aromatic heterocycles. The Labute approximate surface area is 233 Å². The van der Waals surface area contributed by atoms with Gasteiger partial charge >= 0.3 is 5.97 Å². The van der Waals surface area contributed by atoms with Crippen molar-refractivity contribution in [3.63, 3.8) is 0 Å². The van der Waals surface area contributed by atoms with Gasteiger partial charge in [-0.3, -0.25) is 4.79 Å². The van der Waals surface area contributed by atoms with Gasteiger partial charge in [-0.2, -0.15) is 0 Å². The van der Waals surface area contributed by atoms with Crippen LogP contribution in [0.4, 0.5) is 0 Å². The predicted octanol–water partition coefficient (Wildman–Crippen LogP) is 9.26. The van der Waals surface area contributed by atoms with Gasteiger partial charge in [0.05, 0.1) is 6.10 Å². The zero-order chi connectivity index (χ0) is 27.3. The molecule has 0 radical (unpaired) electrons. The Morgan fingerprint density at radius 2 is 1.87 bits per heavy atom. The highest BCUT2D eigenvalue weighted by Crippen LogP contribution is 2.60. The van der Waals surface area contributed by atoms with E-state index < -0.39 is 0 Å². The monoisotopic (exact) mass is 524 g/mol. The summed E-state index contributed by atoms with van der Waals surface area (Å²) in [4.78, 5) is 12.6. The van der Waals surface area contributed by atoms with E-state index in [1.54, 1.807) is 5.57 Å². The standard InChI is InChI=1S/C35H56O3/c1-25-15-18-30(36)24-29(25)17-16-28-14-10-22-35(5)31(19-20-32(28)35)26(2)11-9-21-34(3,4)38-33(37)23-27-12-7-6-8-13-27/h16-17,26-27,30-32,36H,1,6-15,18-24H2,2-5H3/t26-,30+,31-,32-,35-/m1/s1. The molecule has 0 saturated heterocycles. The number of ether oxygens (including phenoxy) is 1. The van der Waals surface area contributed by atoms with Crippen molar-refractivity contribution in [3.05, 3.63) is 35.5 Å². The Kier molecular flexibility index (Phi) is 10.0. The first-order valence-corrected chi connectivity index (χ1v) is 16.0. The van der Waals surface area contributed by atoms with Gasteiger partial charge in [-0.1, -0.05) is 69.4 Å². The number of aliphatic hydroxyl groups excluding tert-OH is 1. The Hall–Kier alpha value is -1.35. The first-order chi connectivity index (χ1) is 18.1. The molecular formula is C35H56O3. The van der Waals surface area contributed by atoms with Crippen molar-refractivity contribution in [3.8, 4) is 0 Å². The minimum Gasteiger partial charge on any atom is -0.460 e. The Balaban J connectivity index is 1.28. The van der Waals surface area contributed by atoms with E-state index in [9.17, 15) is 9.90 Å². The number of hydrogen-bond acceptors (Lipinski definition) is 3. The van der Waals surface area contributed by atoms with E-state index in [2.05, 4.69) is 46.4 Å². The van der Waals surface area contributed by atoms with Crippen molar-refractivity contribution in [2.45, 2.75) is 149 Å². The van der Waals surface area contributed by atoms with Crippen LogP contribution in [0.3, 0.4) is 0 Å². The van der Waals surface area contributed by atoms with E-state index in [-0.39, 0.29) is 17.7 Å². The van der Waals surface area contributed by atoms with E-state index in [1.165, 1.54) is 81.8 Å². The van der Waals surface area contributed by atoms with Crippen LogP contribution in [0.1, 0.15) is 137 Å². The number of allylic oxidation sites excluding steroid dienone is 4. The van der Waals surface area contributed by atoms with Crippen LogP contribution in [0, 0.1) is 29.1 Å². The molecule has 5 atom stereocenters. The first kappa shape index (κ1) is 29.6. The van der Waals surface area contributed by atoms with Crippen molar-refractivity contribution >= 4 is 5.97 Å². The van der Waals surface area contributed by atoms with Gasteiger partial charge in [-0.05, 0) is 126 Å². The lowest BCUT2D eigenvalue weighted by Gasteiger charge is -2.44. The van der Waals surface area contributed by atoms with Crippen LogP contribution in [0.25, 0.3) is 0 Å². The van der Waals surface area contributed by atoms with Gasteiger partial charge in [0.2, 0.25) is 0 Å². The Bertz CT molecular complexity index is 889. The summed E-state index contributed by atoms with van der Waals surface area (Å²) in [6.45, 7) is 13.5. The fraction of sp³-hybridized carbons (Fsp3) is 0.800. The number of rotatable bonds is 9. The van der Waals surface area contributed by atoms with E-state index in [1.807, 2.05) is 0 Å². The van der Waals surface area contributed by atoms with Crippen molar-refractivity contribution in [2.24, 2.45) is 29.1 Å². The van der Waals surface area contributed by atoms with E-state index in [0.717, 1.165) is 38.0 Å². The quantitative estimate of drug-likeness (QED) is 0.306. The third kappa shape index (κ3) is 7.43. The number of hydrogen-bond donors (Lipinski definition) is 1. The molecule has 214 valence electrons. The summed E-state index contributed by atoms with van der Waals surface area (Å²) in [5, 5.41) is 10.1. The molecule has 4 aliphatic carbocycles. The number of esters is 1. The minimum absolute atomic E-state index is 0.0175. The summed E-state index contributed by atoms with van der Waals surface area (Å²) in [6, 6.07) is 0. The fourth-order valence-electron chi connectivity index (χ4n) is 8.69. The summed E-state index contributed by atoms with van der Waals surface area (Å²) in [5.41, 5.74) is 4.14. The molecule has 0 aromatic carbocycles. The molecule has 0 bridgehead atoms. The van der Waals surface area contributed by atoms with Crippen molar-refractivity contribution in [1.82, 2.24) is 0 Å². The van der Waals surface area contributed by atoms with Crippen LogP contribution in [-0.4, -0.2) is 22.8 Å². The molecule has 0 amide bonds. The molecule has 0 spiro atoms. The van der Waals surface area contributed by atoms with E-state index in [0.29, 0.717) is 29.6 Å². The van der Waals surface area contributed by atoms with Gasteiger partial charge in [-0.25, -0.2) is 0 Å². The highest BCUT2D eigenvalue weighted by Gasteiger charge is 2.50. The molecule has 0 unspecified atom stereocenters. The highest BCUT2D eigenvalue weighted by molar-refractivity contribution is 5.70. The molecule has 38 heavy (non-hydrogen) atoms. The SMILES string of the molecule is C=C1CC[C@H](O)CC1=CC=C1CCC[C@@]2(C)[C@@H]1CC[C@@H]2[C@H](C)CCCC(C)(C)OC(=O)CC1CCCCC1. The Morgan fingerprint density at radius 1 is 1.11 bits per heavy atom. The molecule has 4 aliphatic rings. The van der Waals surface area contributed by atoms with E-state index in [4.69, 9.17) is 4.74 Å². The minimum atomic E-state index is -0.363. The molecule has 4 rings (SSSR count). The second kappa shape index (κ2) is 12.9. The lowest BCUT2D eigenvalue weighted by Crippen LogP contribution is -2.36. The van der Waals surface area contributed by atoms with Crippen LogP contribution in [-0.2, 0) is 9.53 Å². The summed E-state index contributed by atoms with van der Waals surface area (Å²) in [7, 11) is 0. The van der Waals surface area contributed by atoms with Crippen LogP contribution in [0.2, 0.25) is 0 Å². The maximum absolute atomic E-state index is 12.6. The molecule has 0 aromatic rings. The molecule has 0 heterocycles. The van der Waals surface area contributed by atoms with Gasteiger partial charge in [0.15, 0.2) is 0 Å². The Morgan fingerprint density at radius 3 is 2.63 bits per heavy atom. The first-order valence-electron chi connectivity index (χ1n) is 16.0. The van der Waals surface area contributed by atoms with Crippen LogP contribution < -0.4 is 0 Å². The van der Waals surface area contributed by atoms with Gasteiger partial charge in [0.25, 0.3) is 0 Å². The summed E-state index contributed by atoms with van der Waals surface area (Å²) >= 11 is 0. The molecule has 4 fully saturated rings.